The van der Waals surface area contributed by atoms with Crippen LogP contribution in [-0.2, 0) is 16.0 Å². The summed E-state index contributed by atoms with van der Waals surface area (Å²) in [5, 5.41) is 3.35. The van der Waals surface area contributed by atoms with Gasteiger partial charge in [-0.3, -0.25) is 0 Å². The molecule has 3 rings (SSSR count). The Bertz CT molecular complexity index is 647. The Kier molecular flexibility index (Phi) is 3.97. The Hall–Kier alpha value is -1.81. The van der Waals surface area contributed by atoms with E-state index in [4.69, 9.17) is 4.74 Å². The molecule has 1 aromatic carbocycles. The minimum Gasteiger partial charge on any atom is -0.461 e. The summed E-state index contributed by atoms with van der Waals surface area (Å²) < 4.78 is 5.39. The molecule has 0 radical (unpaired) electrons. The number of nitrogens with two attached hydrogens (primary N) is 1. The molecule has 2 atom stereocenters. The zero-order chi connectivity index (χ0) is 14.8. The Morgan fingerprint density at radius 2 is 2.24 bits per heavy atom. The van der Waals surface area contributed by atoms with Crippen molar-refractivity contribution >= 4 is 16.9 Å². The number of carbonyl (C=O) groups is 1. The average molecular weight is 287 g/mol. The Labute approximate surface area is 124 Å². The number of aromatic nitrogens is 1. The van der Waals surface area contributed by atoms with Crippen LogP contribution >= 0.6 is 0 Å². The van der Waals surface area contributed by atoms with Crippen LogP contribution in [0, 0.1) is 0 Å². The van der Waals surface area contributed by atoms with Gasteiger partial charge in [0.1, 0.15) is 6.04 Å². The van der Waals surface area contributed by atoms with Crippen molar-refractivity contribution < 1.29 is 14.8 Å². The van der Waals surface area contributed by atoms with Crippen molar-refractivity contribution in [1.82, 2.24) is 4.98 Å². The van der Waals surface area contributed by atoms with Crippen molar-refractivity contribution in [3.63, 3.8) is 0 Å². The molecule has 4 heteroatoms. The summed E-state index contributed by atoms with van der Waals surface area (Å²) >= 11 is 0. The molecular formula is C17H23N2O2+. The van der Waals surface area contributed by atoms with Gasteiger partial charge in [-0.05, 0) is 25.0 Å². The van der Waals surface area contributed by atoms with Crippen LogP contribution in [0.25, 0.3) is 10.9 Å². The van der Waals surface area contributed by atoms with E-state index in [-0.39, 0.29) is 18.1 Å². The number of para-hydroxylation sites is 1. The van der Waals surface area contributed by atoms with Gasteiger partial charge in [-0.1, -0.05) is 31.5 Å². The van der Waals surface area contributed by atoms with E-state index in [9.17, 15) is 4.79 Å². The number of quaternary nitrogens is 1. The largest absolute Gasteiger partial charge is 0.461 e. The SMILES string of the molecule is CCCCOC(=O)[C@H]1Cc2c([nH]c3ccccc23)[C@H](C)[NH2+]1. The van der Waals surface area contributed by atoms with Crippen LogP contribution in [-0.4, -0.2) is 23.6 Å². The molecule has 0 aliphatic carbocycles. The number of unbranched alkanes of at least 4 members (excludes halogenated alkanes) is 1. The monoisotopic (exact) mass is 287 g/mol. The second kappa shape index (κ2) is 5.90. The topological polar surface area (TPSA) is 58.7 Å². The van der Waals surface area contributed by atoms with Crippen molar-refractivity contribution in [1.29, 1.82) is 0 Å². The van der Waals surface area contributed by atoms with Gasteiger partial charge in [0.2, 0.25) is 0 Å². The maximum atomic E-state index is 12.2. The molecule has 0 spiro atoms. The summed E-state index contributed by atoms with van der Waals surface area (Å²) in [6, 6.07) is 8.44. The van der Waals surface area contributed by atoms with Crippen LogP contribution in [0.5, 0.6) is 0 Å². The van der Waals surface area contributed by atoms with E-state index in [1.54, 1.807) is 0 Å². The normalized spacial score (nSPS) is 21.2. The van der Waals surface area contributed by atoms with Crippen LogP contribution in [0.4, 0.5) is 0 Å². The number of benzene rings is 1. The Balaban J connectivity index is 1.82. The number of rotatable bonds is 4. The van der Waals surface area contributed by atoms with Gasteiger partial charge in [-0.15, -0.1) is 0 Å². The first-order valence-corrected chi connectivity index (χ1v) is 7.81. The maximum Gasteiger partial charge on any atom is 0.365 e. The van der Waals surface area contributed by atoms with Crippen LogP contribution in [0.15, 0.2) is 24.3 Å². The molecular weight excluding hydrogens is 264 g/mol. The predicted molar refractivity (Wildman–Crippen MR) is 82.0 cm³/mol. The minimum atomic E-state index is -0.122. The molecule has 0 bridgehead atoms. The first kappa shape index (κ1) is 14.1. The lowest BCUT2D eigenvalue weighted by atomic mass is 9.94. The van der Waals surface area contributed by atoms with Gasteiger partial charge < -0.3 is 15.0 Å². The summed E-state index contributed by atoms with van der Waals surface area (Å²) in [7, 11) is 0. The van der Waals surface area contributed by atoms with Crippen molar-refractivity contribution in [2.45, 2.75) is 45.2 Å². The van der Waals surface area contributed by atoms with Gasteiger partial charge in [-0.25, -0.2) is 4.79 Å². The lowest BCUT2D eigenvalue weighted by Crippen LogP contribution is -2.94. The fourth-order valence-electron chi connectivity index (χ4n) is 3.15. The van der Waals surface area contributed by atoms with E-state index in [0.717, 1.165) is 24.8 Å². The van der Waals surface area contributed by atoms with Crippen LogP contribution in [0.2, 0.25) is 0 Å². The number of carbonyl (C=O) groups excluding carboxylic acids is 1. The van der Waals surface area contributed by atoms with E-state index in [1.165, 1.54) is 16.6 Å². The summed E-state index contributed by atoms with van der Waals surface area (Å²) in [5.74, 6) is -0.0776. The fraction of sp³-hybridized carbons (Fsp3) is 0.471. The molecule has 0 unspecified atom stereocenters. The van der Waals surface area contributed by atoms with E-state index >= 15 is 0 Å². The highest BCUT2D eigenvalue weighted by Crippen LogP contribution is 2.28. The number of H-pyrrole nitrogens is 1. The third kappa shape index (κ3) is 2.68. The molecule has 1 aliphatic heterocycles. The second-order valence-corrected chi connectivity index (χ2v) is 5.88. The third-order valence-corrected chi connectivity index (χ3v) is 4.29. The first-order chi connectivity index (χ1) is 10.2. The van der Waals surface area contributed by atoms with E-state index in [1.807, 2.05) is 12.1 Å². The summed E-state index contributed by atoms with van der Waals surface area (Å²) in [5.41, 5.74) is 3.68. The molecule has 1 aliphatic rings. The van der Waals surface area contributed by atoms with Gasteiger partial charge in [0.05, 0.1) is 12.3 Å². The smallest absolute Gasteiger partial charge is 0.365 e. The molecule has 3 N–H and O–H groups in total. The standard InChI is InChI=1S/C17H22N2O2/c1-3-4-9-21-17(20)15-10-13-12-7-5-6-8-14(12)19-16(13)11(2)18-15/h5-8,11,15,18-19H,3-4,9-10H2,1-2H3/p+1/t11-,15+/m0/s1. The number of fused-ring (bicyclic) bond motifs is 3. The van der Waals surface area contributed by atoms with Crippen molar-refractivity contribution in [3.05, 3.63) is 35.5 Å². The third-order valence-electron chi connectivity index (χ3n) is 4.29. The molecule has 0 saturated heterocycles. The molecule has 0 saturated carbocycles. The van der Waals surface area contributed by atoms with Gasteiger partial charge >= 0.3 is 5.97 Å². The quantitative estimate of drug-likeness (QED) is 0.668. The van der Waals surface area contributed by atoms with Gasteiger partial charge in [-0.2, -0.15) is 0 Å². The maximum absolute atomic E-state index is 12.2. The van der Waals surface area contributed by atoms with Crippen molar-refractivity contribution in [3.8, 4) is 0 Å². The molecule has 112 valence electrons. The zero-order valence-electron chi connectivity index (χ0n) is 12.7. The summed E-state index contributed by atoms with van der Waals surface area (Å²) in [6.45, 7) is 4.77. The number of ether oxygens (including phenoxy) is 1. The van der Waals surface area contributed by atoms with Gasteiger partial charge in [0.25, 0.3) is 0 Å². The molecule has 0 amide bonds. The highest BCUT2D eigenvalue weighted by Gasteiger charge is 2.35. The van der Waals surface area contributed by atoms with E-state index < -0.39 is 0 Å². The predicted octanol–water partition coefficient (Wildman–Crippen LogP) is 2.06. The first-order valence-electron chi connectivity index (χ1n) is 7.81. The molecule has 4 nitrogen and oxygen atoms in total. The van der Waals surface area contributed by atoms with Gasteiger partial charge in [0.15, 0.2) is 6.04 Å². The minimum absolute atomic E-state index is 0.0776. The molecule has 2 aromatic rings. The zero-order valence-corrected chi connectivity index (χ0v) is 12.7. The number of esters is 1. The Morgan fingerprint density at radius 3 is 3.05 bits per heavy atom. The lowest BCUT2D eigenvalue weighted by Gasteiger charge is -2.24. The molecule has 0 fully saturated rings. The molecule has 2 heterocycles. The fourth-order valence-corrected chi connectivity index (χ4v) is 3.15. The van der Waals surface area contributed by atoms with Crippen LogP contribution in [0.3, 0.4) is 0 Å². The second-order valence-electron chi connectivity index (χ2n) is 5.88. The summed E-state index contributed by atoms with van der Waals surface area (Å²) in [4.78, 5) is 15.7. The highest BCUT2D eigenvalue weighted by molar-refractivity contribution is 5.86. The Morgan fingerprint density at radius 1 is 1.43 bits per heavy atom. The number of hydrogen-bond donors (Lipinski definition) is 2. The molecule has 1 aromatic heterocycles. The van der Waals surface area contributed by atoms with Crippen molar-refractivity contribution in [2.75, 3.05) is 6.61 Å². The van der Waals surface area contributed by atoms with E-state index in [0.29, 0.717) is 6.61 Å². The van der Waals surface area contributed by atoms with Crippen LogP contribution < -0.4 is 5.32 Å². The van der Waals surface area contributed by atoms with E-state index in [2.05, 4.69) is 36.3 Å². The highest BCUT2D eigenvalue weighted by atomic mass is 16.5. The number of nitrogens with one attached hydrogen (secondary N) is 1. The average Bonchev–Trinajstić information content (AvgIpc) is 2.87. The van der Waals surface area contributed by atoms with Gasteiger partial charge in [0, 0.05) is 17.3 Å². The van der Waals surface area contributed by atoms with Crippen molar-refractivity contribution in [2.24, 2.45) is 0 Å². The number of aromatic amines is 1. The summed E-state index contributed by atoms with van der Waals surface area (Å²) in [6.07, 6.45) is 2.73. The molecule has 21 heavy (non-hydrogen) atoms. The number of hydrogen-bond acceptors (Lipinski definition) is 2. The van der Waals surface area contributed by atoms with Crippen LogP contribution in [0.1, 0.15) is 44.0 Å². The lowest BCUT2D eigenvalue weighted by molar-refractivity contribution is -0.718.